The quantitative estimate of drug-likeness (QED) is 0.540. The van der Waals surface area contributed by atoms with Crippen LogP contribution in [0.25, 0.3) is 0 Å². The van der Waals surface area contributed by atoms with E-state index in [1.54, 1.807) is 36.4 Å². The Kier molecular flexibility index (Phi) is 6.36. The number of benzene rings is 2. The van der Waals surface area contributed by atoms with Crippen LogP contribution in [0.5, 0.6) is 11.5 Å². The van der Waals surface area contributed by atoms with E-state index in [1.807, 2.05) is 0 Å². The molecule has 0 saturated heterocycles. The fourth-order valence-electron chi connectivity index (χ4n) is 1.84. The van der Waals surface area contributed by atoms with Crippen molar-refractivity contribution in [1.29, 1.82) is 0 Å². The first-order valence-electron chi connectivity index (χ1n) is 7.22. The van der Waals surface area contributed by atoms with Crippen LogP contribution in [0.4, 0.5) is 0 Å². The third-order valence-corrected chi connectivity index (χ3v) is 3.40. The largest absolute Gasteiger partial charge is 0.507 e. The Morgan fingerprint density at radius 2 is 1.96 bits per heavy atom. The maximum atomic E-state index is 11.9. The zero-order valence-corrected chi connectivity index (χ0v) is 14.1. The molecule has 0 fully saturated rings. The minimum Gasteiger partial charge on any atom is -0.507 e. The molecule has 8 heteroatoms. The van der Waals surface area contributed by atoms with Crippen molar-refractivity contribution < 1.29 is 19.4 Å². The van der Waals surface area contributed by atoms with Crippen molar-refractivity contribution in [2.75, 3.05) is 13.7 Å². The molecule has 0 bridgehead atoms. The van der Waals surface area contributed by atoms with Gasteiger partial charge in [-0.15, -0.1) is 0 Å². The van der Waals surface area contributed by atoms with Crippen LogP contribution in [0.3, 0.4) is 0 Å². The van der Waals surface area contributed by atoms with Gasteiger partial charge in [0.1, 0.15) is 11.5 Å². The van der Waals surface area contributed by atoms with Gasteiger partial charge in [-0.1, -0.05) is 11.6 Å². The molecule has 2 aromatic carbocycles. The number of nitrogens with one attached hydrogen (secondary N) is 2. The van der Waals surface area contributed by atoms with Gasteiger partial charge in [-0.25, -0.2) is 5.43 Å². The highest BCUT2D eigenvalue weighted by Gasteiger charge is 2.07. The summed E-state index contributed by atoms with van der Waals surface area (Å²) in [5, 5.41) is 16.4. The van der Waals surface area contributed by atoms with E-state index in [1.165, 1.54) is 19.4 Å². The van der Waals surface area contributed by atoms with Crippen LogP contribution in [0.1, 0.15) is 15.9 Å². The summed E-state index contributed by atoms with van der Waals surface area (Å²) in [5.74, 6) is -0.377. The highest BCUT2D eigenvalue weighted by atomic mass is 35.5. The lowest BCUT2D eigenvalue weighted by Gasteiger charge is -2.05. The van der Waals surface area contributed by atoms with E-state index < -0.39 is 11.8 Å². The van der Waals surface area contributed by atoms with Gasteiger partial charge in [0.05, 0.1) is 19.9 Å². The maximum Gasteiger partial charge on any atom is 0.259 e. The topological polar surface area (TPSA) is 100 Å². The number of halogens is 1. The van der Waals surface area contributed by atoms with E-state index in [2.05, 4.69) is 15.8 Å². The predicted molar refractivity (Wildman–Crippen MR) is 94.2 cm³/mol. The Balaban J connectivity index is 1.84. The Labute approximate surface area is 149 Å². The van der Waals surface area contributed by atoms with Crippen LogP contribution < -0.4 is 15.5 Å². The van der Waals surface area contributed by atoms with E-state index in [0.29, 0.717) is 21.9 Å². The summed E-state index contributed by atoms with van der Waals surface area (Å²) in [4.78, 5) is 23.5. The van der Waals surface area contributed by atoms with Crippen molar-refractivity contribution in [2.45, 2.75) is 0 Å². The number of ether oxygens (including phenoxy) is 1. The number of hydrazone groups is 1. The third-order valence-electron chi connectivity index (χ3n) is 3.14. The molecule has 0 aliphatic carbocycles. The number of methoxy groups -OCH3 is 1. The second kappa shape index (κ2) is 8.70. The molecule has 2 amide bonds. The number of nitrogens with zero attached hydrogens (tertiary/aromatic N) is 1. The predicted octanol–water partition coefficient (Wildman–Crippen LogP) is 1.93. The van der Waals surface area contributed by atoms with Gasteiger partial charge < -0.3 is 15.2 Å². The van der Waals surface area contributed by atoms with E-state index in [9.17, 15) is 14.7 Å². The number of aromatic hydroxyl groups is 1. The molecule has 25 heavy (non-hydrogen) atoms. The zero-order valence-electron chi connectivity index (χ0n) is 13.3. The lowest BCUT2D eigenvalue weighted by Crippen LogP contribution is -2.34. The molecule has 130 valence electrons. The number of carbonyl (C=O) groups is 2. The second-order valence-corrected chi connectivity index (χ2v) is 5.34. The van der Waals surface area contributed by atoms with Crippen LogP contribution in [-0.2, 0) is 4.79 Å². The molecule has 0 radical (unpaired) electrons. The normalized spacial score (nSPS) is 10.5. The summed E-state index contributed by atoms with van der Waals surface area (Å²) < 4.78 is 5.04. The Bertz CT molecular complexity index is 791. The second-order valence-electron chi connectivity index (χ2n) is 4.91. The van der Waals surface area contributed by atoms with Crippen molar-refractivity contribution in [3.05, 3.63) is 58.6 Å². The van der Waals surface area contributed by atoms with Crippen LogP contribution >= 0.6 is 11.6 Å². The van der Waals surface area contributed by atoms with Crippen molar-refractivity contribution in [1.82, 2.24) is 10.7 Å². The molecule has 2 aromatic rings. The number of hydrogen-bond acceptors (Lipinski definition) is 5. The van der Waals surface area contributed by atoms with E-state index in [4.69, 9.17) is 16.3 Å². The summed E-state index contributed by atoms with van der Waals surface area (Å²) in [6.07, 6.45) is 1.27. The summed E-state index contributed by atoms with van der Waals surface area (Å²) in [6.45, 7) is -0.247. The number of rotatable bonds is 6. The number of hydrogen-bond donors (Lipinski definition) is 3. The maximum absolute atomic E-state index is 11.9. The molecule has 0 aromatic heterocycles. The molecule has 0 spiro atoms. The highest BCUT2D eigenvalue weighted by molar-refractivity contribution is 6.30. The third kappa shape index (κ3) is 5.50. The lowest BCUT2D eigenvalue weighted by atomic mass is 10.2. The molecular weight excluding hydrogens is 346 g/mol. The number of phenolic OH excluding ortho intramolecular Hbond substituents is 1. The van der Waals surface area contributed by atoms with Gasteiger partial charge in [0, 0.05) is 16.1 Å². The van der Waals surface area contributed by atoms with Crippen LogP contribution in [0, 0.1) is 0 Å². The van der Waals surface area contributed by atoms with Crippen molar-refractivity contribution in [2.24, 2.45) is 5.10 Å². The minimum absolute atomic E-state index is 0.00478. The Hall–Kier alpha value is -3.06. The van der Waals surface area contributed by atoms with Crippen molar-refractivity contribution in [3.8, 4) is 11.5 Å². The molecule has 0 unspecified atom stereocenters. The molecule has 0 aliphatic rings. The van der Waals surface area contributed by atoms with E-state index in [0.717, 1.165) is 0 Å². The van der Waals surface area contributed by atoms with Gasteiger partial charge in [0.25, 0.3) is 11.8 Å². The van der Waals surface area contributed by atoms with Crippen molar-refractivity contribution >= 4 is 29.6 Å². The lowest BCUT2D eigenvalue weighted by molar-refractivity contribution is -0.120. The Morgan fingerprint density at radius 3 is 2.64 bits per heavy atom. The van der Waals surface area contributed by atoms with Gasteiger partial charge in [0.15, 0.2) is 0 Å². The molecule has 0 aliphatic heterocycles. The molecule has 7 nitrogen and oxygen atoms in total. The first-order chi connectivity index (χ1) is 12.0. The average Bonchev–Trinajstić information content (AvgIpc) is 2.62. The number of carbonyl (C=O) groups excluding carboxylic acids is 2. The highest BCUT2D eigenvalue weighted by Crippen LogP contribution is 2.20. The summed E-state index contributed by atoms with van der Waals surface area (Å²) in [6, 6.07) is 10.9. The minimum atomic E-state index is -0.513. The number of phenols is 1. The molecule has 0 atom stereocenters. The van der Waals surface area contributed by atoms with Crippen LogP contribution in [0.15, 0.2) is 47.6 Å². The smallest absolute Gasteiger partial charge is 0.259 e. The summed E-state index contributed by atoms with van der Waals surface area (Å²) in [7, 11) is 1.50. The van der Waals surface area contributed by atoms with Gasteiger partial charge in [0.2, 0.25) is 0 Å². The van der Waals surface area contributed by atoms with E-state index >= 15 is 0 Å². The standard InChI is InChI=1S/C17H16ClN3O4/c1-25-14-6-7-15(22)12(8-14)9-20-21-16(23)10-19-17(24)11-2-4-13(18)5-3-11/h2-9,22H,10H2,1H3,(H,19,24)(H,21,23)/b20-9+. The summed E-state index contributed by atoms with van der Waals surface area (Å²) >= 11 is 5.74. The van der Waals surface area contributed by atoms with Gasteiger partial charge in [-0.2, -0.15) is 5.10 Å². The van der Waals surface area contributed by atoms with Crippen LogP contribution in [0.2, 0.25) is 5.02 Å². The SMILES string of the molecule is COc1ccc(O)c(/C=N/NC(=O)CNC(=O)c2ccc(Cl)cc2)c1. The first kappa shape index (κ1) is 18.3. The average molecular weight is 362 g/mol. The Morgan fingerprint density at radius 1 is 1.24 bits per heavy atom. The van der Waals surface area contributed by atoms with Gasteiger partial charge in [-0.3, -0.25) is 9.59 Å². The molecule has 3 N–H and O–H groups in total. The van der Waals surface area contributed by atoms with Gasteiger partial charge >= 0.3 is 0 Å². The van der Waals surface area contributed by atoms with Crippen molar-refractivity contribution in [3.63, 3.8) is 0 Å². The fourth-order valence-corrected chi connectivity index (χ4v) is 1.97. The fraction of sp³-hybridized carbons (Fsp3) is 0.118. The molecule has 0 heterocycles. The van der Waals surface area contributed by atoms with Gasteiger partial charge in [-0.05, 0) is 42.5 Å². The monoisotopic (exact) mass is 361 g/mol. The van der Waals surface area contributed by atoms with Crippen LogP contribution in [-0.4, -0.2) is 36.8 Å². The molecule has 2 rings (SSSR count). The molecular formula is C17H16ClN3O4. The zero-order chi connectivity index (χ0) is 18.2. The summed E-state index contributed by atoms with van der Waals surface area (Å²) in [5.41, 5.74) is 3.02. The van der Waals surface area contributed by atoms with E-state index in [-0.39, 0.29) is 12.3 Å². The number of amides is 2. The molecule has 0 saturated carbocycles. The first-order valence-corrected chi connectivity index (χ1v) is 7.60.